The van der Waals surface area contributed by atoms with Gasteiger partial charge in [-0.3, -0.25) is 0 Å². The highest BCUT2D eigenvalue weighted by Crippen LogP contribution is 2.52. The molecule has 2 rings (SSSR count). The Kier molecular flexibility index (Phi) is 5.73. The fraction of sp³-hybridized carbons (Fsp3) is 0.368. The standard InChI is InChI=1S/C19H21Cl2NO4/c1-5-19(12-8-7-9-13(20)16(12)21)14(17(23)24)10(3)22(6-2)11(4)15(19)18(25)26/h7-9H,5-6H2,1-4H3,(H,23,24)(H,25,26). The summed E-state index contributed by atoms with van der Waals surface area (Å²) in [6.45, 7) is 7.44. The lowest BCUT2D eigenvalue weighted by Gasteiger charge is -2.44. The van der Waals surface area contributed by atoms with Crippen molar-refractivity contribution in [3.8, 4) is 0 Å². The van der Waals surface area contributed by atoms with E-state index in [1.54, 1.807) is 43.9 Å². The molecule has 2 N–H and O–H groups in total. The number of aliphatic carboxylic acids is 2. The molecule has 0 spiro atoms. The van der Waals surface area contributed by atoms with Gasteiger partial charge in [0.2, 0.25) is 0 Å². The quantitative estimate of drug-likeness (QED) is 0.752. The van der Waals surface area contributed by atoms with Gasteiger partial charge in [0.05, 0.1) is 26.6 Å². The van der Waals surface area contributed by atoms with Crippen LogP contribution in [-0.4, -0.2) is 33.6 Å². The van der Waals surface area contributed by atoms with E-state index in [-0.39, 0.29) is 27.6 Å². The first kappa shape index (κ1) is 20.3. The van der Waals surface area contributed by atoms with Crippen molar-refractivity contribution < 1.29 is 19.8 Å². The van der Waals surface area contributed by atoms with Crippen molar-refractivity contribution in [2.24, 2.45) is 0 Å². The summed E-state index contributed by atoms with van der Waals surface area (Å²) in [4.78, 5) is 26.2. The number of nitrogens with zero attached hydrogens (tertiary/aromatic N) is 1. The first-order valence-corrected chi connectivity index (χ1v) is 9.01. The van der Waals surface area contributed by atoms with Crippen molar-refractivity contribution in [3.05, 3.63) is 56.3 Å². The highest BCUT2D eigenvalue weighted by molar-refractivity contribution is 6.42. The number of hydrogen-bond donors (Lipinski definition) is 2. The summed E-state index contributed by atoms with van der Waals surface area (Å²) in [5, 5.41) is 20.5. The number of rotatable bonds is 5. The third kappa shape index (κ3) is 2.79. The zero-order chi connectivity index (χ0) is 19.8. The molecule has 0 amide bonds. The lowest BCUT2D eigenvalue weighted by molar-refractivity contribution is -0.134. The second-order valence-electron chi connectivity index (χ2n) is 6.14. The van der Waals surface area contributed by atoms with Crippen LogP contribution in [-0.2, 0) is 15.0 Å². The highest BCUT2D eigenvalue weighted by Gasteiger charge is 2.51. The van der Waals surface area contributed by atoms with E-state index in [9.17, 15) is 19.8 Å². The summed E-state index contributed by atoms with van der Waals surface area (Å²) in [6.07, 6.45) is 0.211. The third-order valence-electron chi connectivity index (χ3n) is 5.07. The summed E-state index contributed by atoms with van der Waals surface area (Å²) >= 11 is 12.6. The van der Waals surface area contributed by atoms with Gasteiger partial charge in [-0.25, -0.2) is 9.59 Å². The van der Waals surface area contributed by atoms with Crippen LogP contribution in [0.3, 0.4) is 0 Å². The zero-order valence-corrected chi connectivity index (χ0v) is 16.6. The monoisotopic (exact) mass is 397 g/mol. The summed E-state index contributed by atoms with van der Waals surface area (Å²) in [5.41, 5.74) is 0.00156. The Morgan fingerprint density at radius 2 is 1.54 bits per heavy atom. The average molecular weight is 398 g/mol. The first-order valence-electron chi connectivity index (χ1n) is 8.26. The number of carboxylic acid groups (broad SMARTS) is 2. The van der Waals surface area contributed by atoms with Gasteiger partial charge in [0.15, 0.2) is 0 Å². The van der Waals surface area contributed by atoms with Crippen molar-refractivity contribution in [3.63, 3.8) is 0 Å². The Labute approximate surface area is 162 Å². The first-order chi connectivity index (χ1) is 12.1. The molecular weight excluding hydrogens is 377 g/mol. The van der Waals surface area contributed by atoms with Crippen LogP contribution in [0, 0.1) is 0 Å². The van der Waals surface area contributed by atoms with E-state index in [4.69, 9.17) is 23.2 Å². The van der Waals surface area contributed by atoms with Crippen molar-refractivity contribution in [2.75, 3.05) is 6.54 Å². The molecule has 0 atom stereocenters. The smallest absolute Gasteiger partial charge is 0.334 e. The van der Waals surface area contributed by atoms with Gasteiger partial charge < -0.3 is 15.1 Å². The van der Waals surface area contributed by atoms with Gasteiger partial charge >= 0.3 is 11.9 Å². The van der Waals surface area contributed by atoms with E-state index < -0.39 is 17.4 Å². The van der Waals surface area contributed by atoms with Crippen molar-refractivity contribution in [1.29, 1.82) is 0 Å². The van der Waals surface area contributed by atoms with Crippen LogP contribution in [0.2, 0.25) is 10.0 Å². The lowest BCUT2D eigenvalue weighted by Crippen LogP contribution is -2.45. The molecule has 0 unspecified atom stereocenters. The van der Waals surface area contributed by atoms with E-state index in [0.717, 1.165) is 0 Å². The molecule has 0 fully saturated rings. The Hall–Kier alpha value is -1.98. The summed E-state index contributed by atoms with van der Waals surface area (Å²) in [6, 6.07) is 4.88. The van der Waals surface area contributed by atoms with Crippen LogP contribution in [0.15, 0.2) is 40.7 Å². The number of hydrogen-bond acceptors (Lipinski definition) is 3. The maximum Gasteiger partial charge on any atom is 0.334 e. The predicted molar refractivity (Wildman–Crippen MR) is 101 cm³/mol. The van der Waals surface area contributed by atoms with E-state index in [1.807, 2.05) is 6.92 Å². The number of halogens is 2. The molecule has 7 heteroatoms. The summed E-state index contributed by atoms with van der Waals surface area (Å²) in [5.74, 6) is -2.35. The number of carboxylic acids is 2. The summed E-state index contributed by atoms with van der Waals surface area (Å²) < 4.78 is 0. The average Bonchev–Trinajstić information content (AvgIpc) is 2.56. The second-order valence-corrected chi connectivity index (χ2v) is 6.92. The molecule has 5 nitrogen and oxygen atoms in total. The molecule has 1 aliphatic rings. The molecule has 26 heavy (non-hydrogen) atoms. The SMILES string of the molecule is CCN1C(C)=C(C(=O)O)C(CC)(c2cccc(Cl)c2Cl)C(C(=O)O)=C1C. The minimum atomic E-state index is -1.40. The molecule has 0 radical (unpaired) electrons. The Morgan fingerprint density at radius 3 is 1.92 bits per heavy atom. The lowest BCUT2D eigenvalue weighted by atomic mass is 9.64. The topological polar surface area (TPSA) is 77.8 Å². The fourth-order valence-corrected chi connectivity index (χ4v) is 4.52. The number of carbonyl (C=O) groups is 2. The van der Waals surface area contributed by atoms with E-state index in [1.165, 1.54) is 0 Å². The summed E-state index contributed by atoms with van der Waals surface area (Å²) in [7, 11) is 0. The Bertz CT molecular complexity index is 804. The fourth-order valence-electron chi connectivity index (χ4n) is 4.06. The maximum atomic E-state index is 12.3. The molecule has 1 aromatic carbocycles. The molecule has 140 valence electrons. The van der Waals surface area contributed by atoms with Crippen molar-refractivity contribution in [1.82, 2.24) is 4.90 Å². The molecule has 0 aliphatic carbocycles. The normalized spacial score (nSPS) is 16.9. The van der Waals surface area contributed by atoms with Gasteiger partial charge in [-0.05, 0) is 38.8 Å². The Balaban J connectivity index is 3.06. The van der Waals surface area contributed by atoms with Crippen LogP contribution in [0.25, 0.3) is 0 Å². The largest absolute Gasteiger partial charge is 0.478 e. The number of allylic oxidation sites excluding steroid dienone is 2. The molecule has 0 bridgehead atoms. The van der Waals surface area contributed by atoms with Crippen LogP contribution in [0.1, 0.15) is 39.7 Å². The van der Waals surface area contributed by atoms with Gasteiger partial charge in [0.1, 0.15) is 0 Å². The molecule has 1 heterocycles. The van der Waals surface area contributed by atoms with Crippen LogP contribution in [0.4, 0.5) is 0 Å². The Morgan fingerprint density at radius 1 is 1.04 bits per heavy atom. The molecule has 1 aromatic rings. The van der Waals surface area contributed by atoms with Crippen LogP contribution in [0.5, 0.6) is 0 Å². The maximum absolute atomic E-state index is 12.3. The zero-order valence-electron chi connectivity index (χ0n) is 15.1. The van der Waals surface area contributed by atoms with Gasteiger partial charge in [-0.15, -0.1) is 0 Å². The van der Waals surface area contributed by atoms with Crippen LogP contribution >= 0.6 is 23.2 Å². The van der Waals surface area contributed by atoms with Crippen LogP contribution < -0.4 is 0 Å². The van der Waals surface area contributed by atoms with Crippen molar-refractivity contribution >= 4 is 35.1 Å². The molecular formula is C19H21Cl2NO4. The minimum absolute atomic E-state index is 0.00835. The second kappa shape index (κ2) is 7.33. The third-order valence-corrected chi connectivity index (χ3v) is 5.89. The van der Waals surface area contributed by atoms with Gasteiger partial charge in [0.25, 0.3) is 0 Å². The minimum Gasteiger partial charge on any atom is -0.478 e. The van der Waals surface area contributed by atoms with Gasteiger partial charge in [-0.2, -0.15) is 0 Å². The molecule has 1 aliphatic heterocycles. The number of benzene rings is 1. The van der Waals surface area contributed by atoms with E-state index in [2.05, 4.69) is 0 Å². The van der Waals surface area contributed by atoms with Gasteiger partial charge in [-0.1, -0.05) is 42.3 Å². The van der Waals surface area contributed by atoms with Crippen molar-refractivity contribution in [2.45, 2.75) is 39.5 Å². The predicted octanol–water partition coefficient (Wildman–Crippen LogP) is 4.69. The van der Waals surface area contributed by atoms with Gasteiger partial charge in [0, 0.05) is 17.9 Å². The van der Waals surface area contributed by atoms with E-state index >= 15 is 0 Å². The molecule has 0 saturated heterocycles. The van der Waals surface area contributed by atoms with E-state index in [0.29, 0.717) is 23.5 Å². The highest BCUT2D eigenvalue weighted by atomic mass is 35.5. The molecule has 0 saturated carbocycles. The molecule has 0 aromatic heterocycles.